The number of aromatic nitrogens is 4. The van der Waals surface area contributed by atoms with Gasteiger partial charge in [-0.2, -0.15) is 10.1 Å². The van der Waals surface area contributed by atoms with Crippen LogP contribution in [0.1, 0.15) is 47.6 Å². The normalized spacial score (nSPS) is 19.2. The van der Waals surface area contributed by atoms with Gasteiger partial charge in [-0.15, -0.1) is 0 Å². The molecule has 9 heteroatoms. The summed E-state index contributed by atoms with van der Waals surface area (Å²) in [5.41, 5.74) is 1.60. The second-order valence-electron chi connectivity index (χ2n) is 6.56. The summed E-state index contributed by atoms with van der Waals surface area (Å²) in [5.74, 6) is -2.84. The van der Waals surface area contributed by atoms with Crippen LogP contribution in [0.3, 0.4) is 0 Å². The van der Waals surface area contributed by atoms with Crippen LogP contribution in [0.4, 0.5) is 14.6 Å². The van der Waals surface area contributed by atoms with E-state index in [0.29, 0.717) is 18.7 Å². The summed E-state index contributed by atoms with van der Waals surface area (Å²) in [6.45, 7) is 3.67. The molecule has 2 heterocycles. The van der Waals surface area contributed by atoms with Crippen LogP contribution < -0.4 is 5.32 Å². The van der Waals surface area contributed by atoms with Crippen molar-refractivity contribution in [2.45, 2.75) is 51.5 Å². The number of aryl methyl sites for hydroxylation is 2. The fourth-order valence-corrected chi connectivity index (χ4v) is 3.15. The van der Waals surface area contributed by atoms with E-state index in [9.17, 15) is 13.6 Å². The quantitative estimate of drug-likeness (QED) is 0.839. The number of methoxy groups -OCH3 is 1. The van der Waals surface area contributed by atoms with Gasteiger partial charge in [-0.05, 0) is 32.8 Å². The number of ether oxygens (including phenoxy) is 1. The van der Waals surface area contributed by atoms with Crippen molar-refractivity contribution in [3.8, 4) is 5.95 Å². The maximum absolute atomic E-state index is 13.7. The monoisotopic (exact) mass is 365 g/mol. The Morgan fingerprint density at radius 3 is 2.73 bits per heavy atom. The van der Waals surface area contributed by atoms with Crippen LogP contribution in [-0.4, -0.2) is 44.8 Å². The molecule has 1 unspecified atom stereocenters. The zero-order valence-corrected chi connectivity index (χ0v) is 14.9. The Balaban J connectivity index is 1.95. The van der Waals surface area contributed by atoms with Crippen molar-refractivity contribution in [2.24, 2.45) is 0 Å². The number of alkyl halides is 2. The number of esters is 1. The van der Waals surface area contributed by atoms with Gasteiger partial charge in [0.1, 0.15) is 5.82 Å². The third kappa shape index (κ3) is 3.97. The summed E-state index contributed by atoms with van der Waals surface area (Å²) in [4.78, 5) is 20.5. The Kier molecular flexibility index (Phi) is 4.88. The number of rotatable bonds is 4. The van der Waals surface area contributed by atoms with Gasteiger partial charge in [-0.1, -0.05) is 0 Å². The average molecular weight is 365 g/mol. The third-order valence-electron chi connectivity index (χ3n) is 4.30. The summed E-state index contributed by atoms with van der Waals surface area (Å²) < 4.78 is 33.6. The number of hydrogen-bond donors (Lipinski definition) is 1. The zero-order valence-electron chi connectivity index (χ0n) is 14.9. The van der Waals surface area contributed by atoms with Gasteiger partial charge >= 0.3 is 5.97 Å². The molecule has 0 saturated heterocycles. The maximum atomic E-state index is 13.7. The molecule has 1 aliphatic rings. The van der Waals surface area contributed by atoms with Crippen molar-refractivity contribution in [1.82, 2.24) is 19.7 Å². The van der Waals surface area contributed by atoms with E-state index in [2.05, 4.69) is 20.4 Å². The van der Waals surface area contributed by atoms with Gasteiger partial charge < -0.3 is 10.1 Å². The molecule has 0 spiro atoms. The van der Waals surface area contributed by atoms with Gasteiger partial charge in [0, 0.05) is 30.6 Å². The van der Waals surface area contributed by atoms with E-state index in [-0.39, 0.29) is 24.5 Å². The maximum Gasteiger partial charge on any atom is 0.356 e. The predicted octanol–water partition coefficient (Wildman–Crippen LogP) is 3.06. The minimum atomic E-state index is -2.69. The van der Waals surface area contributed by atoms with Crippen LogP contribution in [0.25, 0.3) is 5.95 Å². The third-order valence-corrected chi connectivity index (χ3v) is 4.30. The van der Waals surface area contributed by atoms with Crippen molar-refractivity contribution in [2.75, 3.05) is 12.4 Å². The van der Waals surface area contributed by atoms with Crippen LogP contribution in [0.15, 0.2) is 12.1 Å². The lowest BCUT2D eigenvalue weighted by atomic mass is 9.92. The highest BCUT2D eigenvalue weighted by atomic mass is 19.3. The fraction of sp³-hybridized carbons (Fsp3) is 0.529. The van der Waals surface area contributed by atoms with Gasteiger partial charge in [0.25, 0.3) is 5.95 Å². The number of hydrogen-bond acceptors (Lipinski definition) is 6. The van der Waals surface area contributed by atoms with Gasteiger partial charge in [-0.25, -0.2) is 23.2 Å². The molecule has 1 fully saturated rings. The largest absolute Gasteiger partial charge is 0.464 e. The molecule has 2 aromatic rings. The minimum absolute atomic E-state index is 0.0372. The van der Waals surface area contributed by atoms with Crippen LogP contribution in [0.2, 0.25) is 0 Å². The highest BCUT2D eigenvalue weighted by molar-refractivity contribution is 5.88. The lowest BCUT2D eigenvalue weighted by Crippen LogP contribution is -2.34. The second kappa shape index (κ2) is 6.97. The molecule has 0 aromatic carbocycles. The van der Waals surface area contributed by atoms with E-state index >= 15 is 0 Å². The van der Waals surface area contributed by atoms with Crippen molar-refractivity contribution >= 4 is 11.8 Å². The predicted molar refractivity (Wildman–Crippen MR) is 90.8 cm³/mol. The van der Waals surface area contributed by atoms with Crippen molar-refractivity contribution < 1.29 is 18.3 Å². The SMILES string of the molecule is COC(=O)c1cc(NC2CCCC(F)(F)C2)nc(-n2nc(C)cc2C)n1. The standard InChI is InChI=1S/C17H21F2N5O2/c1-10-7-11(2)24(23-10)16-21-13(15(25)26-3)8-14(22-16)20-12-5-4-6-17(18,19)9-12/h7-8,12H,4-6,9H2,1-3H3,(H,20,21,22). The van der Waals surface area contributed by atoms with Crippen LogP contribution in [0, 0.1) is 13.8 Å². The van der Waals surface area contributed by atoms with Gasteiger partial charge in [0.2, 0.25) is 5.92 Å². The lowest BCUT2D eigenvalue weighted by molar-refractivity contribution is -0.0373. The summed E-state index contributed by atoms with van der Waals surface area (Å²) in [6.07, 6.45) is 0.686. The van der Waals surface area contributed by atoms with Crippen LogP contribution in [-0.2, 0) is 4.74 Å². The van der Waals surface area contributed by atoms with E-state index < -0.39 is 17.9 Å². The van der Waals surface area contributed by atoms with Gasteiger partial charge in [0.05, 0.1) is 12.8 Å². The second-order valence-corrected chi connectivity index (χ2v) is 6.56. The van der Waals surface area contributed by atoms with Crippen LogP contribution in [0.5, 0.6) is 0 Å². The first kappa shape index (κ1) is 18.2. The highest BCUT2D eigenvalue weighted by Gasteiger charge is 2.36. The topological polar surface area (TPSA) is 81.9 Å². The van der Waals surface area contributed by atoms with E-state index in [1.54, 1.807) is 0 Å². The first-order valence-corrected chi connectivity index (χ1v) is 8.43. The number of nitrogens with one attached hydrogen (secondary N) is 1. The van der Waals surface area contributed by atoms with Crippen LogP contribution >= 0.6 is 0 Å². The molecule has 0 amide bonds. The number of anilines is 1. The summed E-state index contributed by atoms with van der Waals surface area (Å²) in [6, 6.07) is 2.84. The van der Waals surface area contributed by atoms with Crippen molar-refractivity contribution in [3.63, 3.8) is 0 Å². The summed E-state index contributed by atoms with van der Waals surface area (Å²) in [5, 5.41) is 7.32. The van der Waals surface area contributed by atoms with E-state index in [4.69, 9.17) is 4.74 Å². The summed E-state index contributed by atoms with van der Waals surface area (Å²) in [7, 11) is 1.25. The molecule has 0 bridgehead atoms. The number of carbonyl (C=O) groups is 1. The molecular formula is C17H21F2N5O2. The molecule has 140 valence electrons. The van der Waals surface area contributed by atoms with E-state index in [1.165, 1.54) is 17.9 Å². The first-order valence-electron chi connectivity index (χ1n) is 8.43. The van der Waals surface area contributed by atoms with E-state index in [0.717, 1.165) is 11.4 Å². The molecule has 1 aliphatic carbocycles. The molecule has 7 nitrogen and oxygen atoms in total. The zero-order chi connectivity index (χ0) is 18.9. The molecule has 1 saturated carbocycles. The highest BCUT2D eigenvalue weighted by Crippen LogP contribution is 2.34. The van der Waals surface area contributed by atoms with Crippen molar-refractivity contribution in [1.29, 1.82) is 0 Å². The lowest BCUT2D eigenvalue weighted by Gasteiger charge is -2.29. The molecule has 1 atom stereocenters. The average Bonchev–Trinajstić information content (AvgIpc) is 2.91. The molecule has 0 radical (unpaired) electrons. The van der Waals surface area contributed by atoms with Gasteiger partial charge in [0.15, 0.2) is 5.69 Å². The minimum Gasteiger partial charge on any atom is -0.464 e. The molecular weight excluding hydrogens is 344 g/mol. The Morgan fingerprint density at radius 1 is 1.35 bits per heavy atom. The van der Waals surface area contributed by atoms with Crippen molar-refractivity contribution in [3.05, 3.63) is 29.2 Å². The Morgan fingerprint density at radius 2 is 2.12 bits per heavy atom. The molecule has 0 aliphatic heterocycles. The Hall–Kier alpha value is -2.58. The number of halogens is 2. The smallest absolute Gasteiger partial charge is 0.356 e. The van der Waals surface area contributed by atoms with E-state index in [1.807, 2.05) is 19.9 Å². The Labute approximate surface area is 149 Å². The number of nitrogens with zero attached hydrogens (tertiary/aromatic N) is 4. The van der Waals surface area contributed by atoms with Gasteiger partial charge in [-0.3, -0.25) is 0 Å². The molecule has 3 rings (SSSR count). The first-order chi connectivity index (χ1) is 12.3. The summed E-state index contributed by atoms with van der Waals surface area (Å²) >= 11 is 0. The Bertz CT molecular complexity index is 821. The molecule has 26 heavy (non-hydrogen) atoms. The molecule has 1 N–H and O–H groups in total. The molecule has 2 aromatic heterocycles. The fourth-order valence-electron chi connectivity index (χ4n) is 3.15. The number of carbonyl (C=O) groups excluding carboxylic acids is 1.